The van der Waals surface area contributed by atoms with Gasteiger partial charge in [0.15, 0.2) is 6.29 Å². The Morgan fingerprint density at radius 1 is 1.62 bits per heavy atom. The van der Waals surface area contributed by atoms with Gasteiger partial charge in [-0.15, -0.1) is 0 Å². The number of aldehydes is 1. The molecule has 0 fully saturated rings. The van der Waals surface area contributed by atoms with Crippen LogP contribution in [0.2, 0.25) is 0 Å². The Balaban J connectivity index is 4.03. The van der Waals surface area contributed by atoms with Crippen LogP contribution in [0.4, 0.5) is 0 Å². The third-order valence-electron chi connectivity index (χ3n) is 1.50. The number of carbonyl (C=O) groups is 1. The van der Waals surface area contributed by atoms with E-state index in [1.165, 1.54) is 0 Å². The highest BCUT2D eigenvalue weighted by Crippen LogP contribution is 2.04. The fourth-order valence-corrected chi connectivity index (χ4v) is 0.838. The molecule has 13 heavy (non-hydrogen) atoms. The van der Waals surface area contributed by atoms with Crippen LogP contribution in [-0.2, 0) is 9.53 Å². The molecule has 0 aromatic heterocycles. The van der Waals surface area contributed by atoms with Crippen molar-refractivity contribution in [1.82, 2.24) is 0 Å². The van der Waals surface area contributed by atoms with Crippen molar-refractivity contribution in [2.45, 2.75) is 31.6 Å². The smallest absolute Gasteiger partial charge is 0.151 e. The Kier molecular flexibility index (Phi) is 5.67. The van der Waals surface area contributed by atoms with Gasteiger partial charge >= 0.3 is 0 Å². The minimum Gasteiger partial charge on any atom is -0.394 e. The quantitative estimate of drug-likeness (QED) is 0.345. The number of aliphatic hydroxyl groups is 3. The number of aliphatic hydroxyl groups excluding tert-OH is 3. The molecule has 0 saturated carbocycles. The maximum Gasteiger partial charge on any atom is 0.151 e. The first kappa shape index (κ1) is 10.6. The zero-order valence-electron chi connectivity index (χ0n) is 8.30. The molecule has 0 heterocycles. The maximum absolute atomic E-state index is 10.2. The molecule has 3 N–H and O–H groups in total. The van der Waals surface area contributed by atoms with Crippen molar-refractivity contribution < 1.29 is 26.2 Å². The lowest BCUT2D eigenvalue weighted by Crippen LogP contribution is -2.42. The Bertz CT molecular complexity index is 155. The molecular formula is C8H16O5. The Morgan fingerprint density at radius 2 is 2.31 bits per heavy atom. The van der Waals surface area contributed by atoms with Gasteiger partial charge in [0.05, 0.1) is 6.61 Å². The summed E-state index contributed by atoms with van der Waals surface area (Å²) in [6, 6.07) is 0. The van der Waals surface area contributed by atoms with Crippen LogP contribution in [0.3, 0.4) is 0 Å². The summed E-state index contributed by atoms with van der Waals surface area (Å²) < 4.78 is 11.8. The molecule has 0 saturated heterocycles. The third-order valence-corrected chi connectivity index (χ3v) is 1.50. The van der Waals surface area contributed by atoms with Crippen molar-refractivity contribution in [3.05, 3.63) is 0 Å². The highest BCUT2D eigenvalue weighted by atomic mass is 16.5. The molecule has 0 radical (unpaired) electrons. The van der Waals surface area contributed by atoms with E-state index in [1.807, 2.05) is 0 Å². The first-order chi connectivity index (χ1) is 6.67. The van der Waals surface area contributed by atoms with E-state index in [-0.39, 0.29) is 19.8 Å². The SMILES string of the molecule is [2H]CCCO[C@@H]([C@H](O)CO)[C@@H](O)C=O. The lowest BCUT2D eigenvalue weighted by Gasteiger charge is -2.23. The molecule has 0 spiro atoms. The van der Waals surface area contributed by atoms with Crippen LogP contribution < -0.4 is 0 Å². The molecule has 0 aliphatic rings. The van der Waals surface area contributed by atoms with E-state index in [1.54, 1.807) is 0 Å². The summed E-state index contributed by atoms with van der Waals surface area (Å²) in [6.45, 7) is -0.258. The predicted octanol–water partition coefficient (Wildman–Crippen LogP) is -1.31. The first-order valence-corrected chi connectivity index (χ1v) is 4.00. The van der Waals surface area contributed by atoms with Gasteiger partial charge in [-0.2, -0.15) is 0 Å². The fraction of sp³-hybridized carbons (Fsp3) is 0.875. The monoisotopic (exact) mass is 193 g/mol. The van der Waals surface area contributed by atoms with Gasteiger partial charge in [0.2, 0.25) is 0 Å². The van der Waals surface area contributed by atoms with Gasteiger partial charge < -0.3 is 24.9 Å². The standard InChI is InChI=1S/C8H16O5/c1-2-3-13-8(6(11)4-9)7(12)5-10/h4,6-8,10-12H,2-3,5H2,1H3/t6-,7+,8+/m0/s1/i1D. The van der Waals surface area contributed by atoms with Crippen molar-refractivity contribution in [2.75, 3.05) is 13.2 Å². The molecule has 0 aromatic carbocycles. The molecule has 0 bridgehead atoms. The second-order valence-electron chi connectivity index (χ2n) is 2.57. The van der Waals surface area contributed by atoms with Crippen LogP contribution in [-0.4, -0.2) is 53.1 Å². The van der Waals surface area contributed by atoms with Crippen LogP contribution >= 0.6 is 0 Å². The zero-order chi connectivity index (χ0) is 11.0. The molecule has 5 nitrogen and oxygen atoms in total. The minimum atomic E-state index is -1.46. The number of hydrogen-bond acceptors (Lipinski definition) is 5. The van der Waals surface area contributed by atoms with Gasteiger partial charge in [0.1, 0.15) is 18.3 Å². The van der Waals surface area contributed by atoms with Crippen LogP contribution in [0.1, 0.15) is 14.7 Å². The van der Waals surface area contributed by atoms with Gasteiger partial charge in [-0.1, -0.05) is 6.90 Å². The van der Waals surface area contributed by atoms with Crippen molar-refractivity contribution in [2.24, 2.45) is 0 Å². The molecule has 3 atom stereocenters. The normalized spacial score (nSPS) is 18.8. The van der Waals surface area contributed by atoms with E-state index in [9.17, 15) is 9.90 Å². The lowest BCUT2D eigenvalue weighted by molar-refractivity contribution is -0.137. The van der Waals surface area contributed by atoms with Gasteiger partial charge in [0.25, 0.3) is 0 Å². The van der Waals surface area contributed by atoms with Gasteiger partial charge in [-0.25, -0.2) is 0 Å². The Hall–Kier alpha value is -0.490. The molecule has 0 aliphatic heterocycles. The van der Waals surface area contributed by atoms with Crippen LogP contribution in [0.5, 0.6) is 0 Å². The lowest BCUT2D eigenvalue weighted by atomic mass is 10.1. The summed E-state index contributed by atoms with van der Waals surface area (Å²) in [5.41, 5.74) is 0. The van der Waals surface area contributed by atoms with Gasteiger partial charge in [-0.05, 0) is 6.42 Å². The van der Waals surface area contributed by atoms with Crippen molar-refractivity contribution in [3.63, 3.8) is 0 Å². The number of rotatable bonds is 7. The predicted molar refractivity (Wildman–Crippen MR) is 45.2 cm³/mol. The molecule has 0 rings (SSSR count). The molecule has 0 aliphatic carbocycles. The zero-order valence-corrected chi connectivity index (χ0v) is 7.30. The summed E-state index contributed by atoms with van der Waals surface area (Å²) >= 11 is 0. The molecular weight excluding hydrogens is 176 g/mol. The molecule has 0 aromatic rings. The Labute approximate surface area is 78.4 Å². The summed E-state index contributed by atoms with van der Waals surface area (Å²) in [5.74, 6) is 0. The van der Waals surface area contributed by atoms with E-state index in [0.29, 0.717) is 6.42 Å². The van der Waals surface area contributed by atoms with Crippen molar-refractivity contribution in [3.8, 4) is 0 Å². The van der Waals surface area contributed by atoms with Crippen LogP contribution in [0, 0.1) is 0 Å². The fourth-order valence-electron chi connectivity index (χ4n) is 0.838. The molecule has 78 valence electrons. The second kappa shape index (κ2) is 6.97. The number of hydrogen-bond donors (Lipinski definition) is 3. The first-order valence-electron chi connectivity index (χ1n) is 4.71. The van der Waals surface area contributed by atoms with E-state index >= 15 is 0 Å². The molecule has 0 amide bonds. The largest absolute Gasteiger partial charge is 0.394 e. The average Bonchev–Trinajstić information content (AvgIpc) is 2.22. The van der Waals surface area contributed by atoms with E-state index in [2.05, 4.69) is 0 Å². The maximum atomic E-state index is 10.2. The summed E-state index contributed by atoms with van der Waals surface area (Å²) in [4.78, 5) is 10.2. The molecule has 5 heteroatoms. The van der Waals surface area contributed by atoms with Gasteiger partial charge in [0, 0.05) is 7.98 Å². The van der Waals surface area contributed by atoms with E-state index < -0.39 is 24.9 Å². The van der Waals surface area contributed by atoms with Crippen LogP contribution in [0.25, 0.3) is 0 Å². The number of ether oxygens (including phenoxy) is 1. The van der Waals surface area contributed by atoms with Gasteiger partial charge in [-0.3, -0.25) is 0 Å². The van der Waals surface area contributed by atoms with Crippen LogP contribution in [0.15, 0.2) is 0 Å². The third kappa shape index (κ3) is 4.33. The Morgan fingerprint density at radius 3 is 2.77 bits per heavy atom. The number of carbonyl (C=O) groups excluding carboxylic acids is 1. The minimum absolute atomic E-state index is 0.163. The highest BCUT2D eigenvalue weighted by molar-refractivity contribution is 5.56. The van der Waals surface area contributed by atoms with E-state index in [0.717, 1.165) is 0 Å². The topological polar surface area (TPSA) is 87.0 Å². The van der Waals surface area contributed by atoms with Crippen molar-refractivity contribution >= 4 is 6.29 Å². The average molecular weight is 193 g/mol. The molecule has 0 unspecified atom stereocenters. The second-order valence-corrected chi connectivity index (χ2v) is 2.57. The highest BCUT2D eigenvalue weighted by Gasteiger charge is 2.26. The van der Waals surface area contributed by atoms with E-state index in [4.69, 9.17) is 16.3 Å². The van der Waals surface area contributed by atoms with Crippen molar-refractivity contribution in [1.29, 1.82) is 0 Å². The summed E-state index contributed by atoms with van der Waals surface area (Å²) in [5, 5.41) is 26.9. The summed E-state index contributed by atoms with van der Waals surface area (Å²) in [7, 11) is 0. The summed E-state index contributed by atoms with van der Waals surface area (Å²) in [6.07, 6.45) is -3.18.